The molecule has 0 aliphatic carbocycles. The Morgan fingerprint density at radius 2 is 2.06 bits per heavy atom. The monoisotopic (exact) mass is 216 g/mol. The van der Waals surface area contributed by atoms with E-state index in [1.165, 1.54) is 31.5 Å². The number of nitrogens with one attached hydrogen (secondary N) is 1. The van der Waals surface area contributed by atoms with Gasteiger partial charge in [0.15, 0.2) is 0 Å². The molecule has 3 nitrogen and oxygen atoms in total. The average Bonchev–Trinajstić information content (AvgIpc) is 2.90. The van der Waals surface area contributed by atoms with Gasteiger partial charge in [-0.25, -0.2) is 0 Å². The molecule has 2 heterocycles. The van der Waals surface area contributed by atoms with Crippen molar-refractivity contribution in [2.24, 2.45) is 0 Å². The Labute approximate surface area is 94.7 Å². The van der Waals surface area contributed by atoms with Crippen molar-refractivity contribution in [3.63, 3.8) is 0 Å². The molecule has 2 N–H and O–H groups in total. The zero-order chi connectivity index (χ0) is 11.0. The third-order valence-electron chi connectivity index (χ3n) is 3.34. The summed E-state index contributed by atoms with van der Waals surface area (Å²) >= 11 is 0. The Balaban J connectivity index is 1.93. The summed E-state index contributed by atoms with van der Waals surface area (Å²) in [5.74, 6) is 0.342. The van der Waals surface area contributed by atoms with Gasteiger partial charge in [0.25, 0.3) is 0 Å². The molecule has 1 aromatic heterocycles. The molecule has 3 heteroatoms. The van der Waals surface area contributed by atoms with Crippen molar-refractivity contribution >= 4 is 10.9 Å². The summed E-state index contributed by atoms with van der Waals surface area (Å²) in [4.78, 5) is 5.72. The second-order valence-corrected chi connectivity index (χ2v) is 4.53. The van der Waals surface area contributed by atoms with E-state index >= 15 is 0 Å². The molecular formula is C13H16N2O. The van der Waals surface area contributed by atoms with E-state index in [9.17, 15) is 5.11 Å². The molecule has 16 heavy (non-hydrogen) atoms. The lowest BCUT2D eigenvalue weighted by Gasteiger charge is -2.13. The van der Waals surface area contributed by atoms with Gasteiger partial charge >= 0.3 is 0 Å². The number of fused-ring (bicyclic) bond motifs is 1. The molecule has 1 saturated heterocycles. The molecule has 0 bridgehead atoms. The molecule has 1 aromatic carbocycles. The summed E-state index contributed by atoms with van der Waals surface area (Å²) < 4.78 is 0. The lowest BCUT2D eigenvalue weighted by molar-refractivity contribution is 0.332. The zero-order valence-electron chi connectivity index (χ0n) is 9.24. The summed E-state index contributed by atoms with van der Waals surface area (Å²) in [5, 5.41) is 10.7. The van der Waals surface area contributed by atoms with E-state index in [0.717, 1.165) is 17.4 Å². The van der Waals surface area contributed by atoms with Crippen LogP contribution in [0.5, 0.6) is 5.75 Å². The molecule has 84 valence electrons. The Bertz CT molecular complexity index is 498. The highest BCUT2D eigenvalue weighted by atomic mass is 16.3. The van der Waals surface area contributed by atoms with E-state index in [1.807, 2.05) is 12.1 Å². The zero-order valence-corrected chi connectivity index (χ0v) is 9.24. The second-order valence-electron chi connectivity index (χ2n) is 4.53. The van der Waals surface area contributed by atoms with Gasteiger partial charge in [0.1, 0.15) is 5.75 Å². The SMILES string of the molecule is Oc1ccc2[nH]cc(CN3CCCC3)c2c1. The third kappa shape index (κ3) is 1.67. The van der Waals surface area contributed by atoms with Gasteiger partial charge in [0.05, 0.1) is 0 Å². The summed E-state index contributed by atoms with van der Waals surface area (Å²) in [6.07, 6.45) is 4.68. The van der Waals surface area contributed by atoms with Gasteiger partial charge in [-0.3, -0.25) is 4.90 Å². The summed E-state index contributed by atoms with van der Waals surface area (Å²) in [6, 6.07) is 5.49. The number of hydrogen-bond acceptors (Lipinski definition) is 2. The molecule has 2 aromatic rings. The van der Waals surface area contributed by atoms with E-state index in [-0.39, 0.29) is 0 Å². The molecule has 1 aliphatic heterocycles. The number of likely N-dealkylation sites (tertiary alicyclic amines) is 1. The summed E-state index contributed by atoms with van der Waals surface area (Å²) in [6.45, 7) is 3.39. The fraction of sp³-hybridized carbons (Fsp3) is 0.385. The maximum atomic E-state index is 9.51. The van der Waals surface area contributed by atoms with Crippen molar-refractivity contribution in [1.82, 2.24) is 9.88 Å². The Kier molecular flexibility index (Phi) is 2.33. The van der Waals surface area contributed by atoms with Crippen molar-refractivity contribution < 1.29 is 5.11 Å². The van der Waals surface area contributed by atoms with Crippen molar-refractivity contribution in [1.29, 1.82) is 0 Å². The third-order valence-corrected chi connectivity index (χ3v) is 3.34. The number of phenolic OH excluding ortho intramolecular Hbond substituents is 1. The van der Waals surface area contributed by atoms with Crippen molar-refractivity contribution in [3.8, 4) is 5.75 Å². The predicted molar refractivity (Wildman–Crippen MR) is 64.5 cm³/mol. The van der Waals surface area contributed by atoms with Gasteiger partial charge in [-0.05, 0) is 49.7 Å². The summed E-state index contributed by atoms with van der Waals surface area (Å²) in [7, 11) is 0. The van der Waals surface area contributed by atoms with Crippen LogP contribution < -0.4 is 0 Å². The maximum Gasteiger partial charge on any atom is 0.116 e. The molecule has 1 aliphatic rings. The van der Waals surface area contributed by atoms with Crippen LogP contribution in [0.15, 0.2) is 24.4 Å². The van der Waals surface area contributed by atoms with Gasteiger partial charge < -0.3 is 10.1 Å². The molecule has 1 fully saturated rings. The molecule has 0 saturated carbocycles. The highest BCUT2D eigenvalue weighted by molar-refractivity contribution is 5.84. The number of nitrogens with zero attached hydrogens (tertiary/aromatic N) is 1. The quantitative estimate of drug-likeness (QED) is 0.809. The van der Waals surface area contributed by atoms with Crippen molar-refractivity contribution in [2.75, 3.05) is 13.1 Å². The first-order chi connectivity index (χ1) is 7.83. The number of hydrogen-bond donors (Lipinski definition) is 2. The van der Waals surface area contributed by atoms with Crippen LogP contribution in [0.2, 0.25) is 0 Å². The van der Waals surface area contributed by atoms with Crippen molar-refractivity contribution in [3.05, 3.63) is 30.0 Å². The van der Waals surface area contributed by atoms with E-state index < -0.39 is 0 Å². The lowest BCUT2D eigenvalue weighted by atomic mass is 10.1. The minimum Gasteiger partial charge on any atom is -0.508 e. The van der Waals surface area contributed by atoms with E-state index in [0.29, 0.717) is 5.75 Å². The highest BCUT2D eigenvalue weighted by Crippen LogP contribution is 2.24. The number of rotatable bonds is 2. The van der Waals surface area contributed by atoms with Gasteiger partial charge in [-0.2, -0.15) is 0 Å². The molecular weight excluding hydrogens is 200 g/mol. The largest absolute Gasteiger partial charge is 0.508 e. The van der Waals surface area contributed by atoms with Crippen LogP contribution in [0, 0.1) is 0 Å². The van der Waals surface area contributed by atoms with Gasteiger partial charge in [-0.1, -0.05) is 0 Å². The van der Waals surface area contributed by atoms with Crippen LogP contribution in [-0.4, -0.2) is 28.1 Å². The average molecular weight is 216 g/mol. The van der Waals surface area contributed by atoms with E-state index in [2.05, 4.69) is 16.1 Å². The number of aromatic amines is 1. The lowest BCUT2D eigenvalue weighted by Crippen LogP contribution is -2.17. The number of benzene rings is 1. The fourth-order valence-electron chi connectivity index (χ4n) is 2.48. The number of phenols is 1. The van der Waals surface area contributed by atoms with Crippen LogP contribution >= 0.6 is 0 Å². The van der Waals surface area contributed by atoms with Crippen LogP contribution in [-0.2, 0) is 6.54 Å². The Morgan fingerprint density at radius 1 is 1.25 bits per heavy atom. The highest BCUT2D eigenvalue weighted by Gasteiger charge is 2.13. The Hall–Kier alpha value is -1.48. The normalized spacial score (nSPS) is 17.2. The van der Waals surface area contributed by atoms with Crippen molar-refractivity contribution in [2.45, 2.75) is 19.4 Å². The smallest absolute Gasteiger partial charge is 0.116 e. The van der Waals surface area contributed by atoms with Crippen LogP contribution in [0.4, 0.5) is 0 Å². The minimum absolute atomic E-state index is 0.342. The van der Waals surface area contributed by atoms with Gasteiger partial charge in [0, 0.05) is 23.6 Å². The van der Waals surface area contributed by atoms with E-state index in [4.69, 9.17) is 0 Å². The number of H-pyrrole nitrogens is 1. The van der Waals surface area contributed by atoms with Gasteiger partial charge in [0.2, 0.25) is 0 Å². The first-order valence-corrected chi connectivity index (χ1v) is 5.84. The van der Waals surface area contributed by atoms with Crippen LogP contribution in [0.1, 0.15) is 18.4 Å². The topological polar surface area (TPSA) is 39.3 Å². The molecule has 0 unspecified atom stereocenters. The predicted octanol–water partition coefficient (Wildman–Crippen LogP) is 2.47. The standard InChI is InChI=1S/C13H16N2O/c16-11-3-4-13-12(7-11)10(8-14-13)9-15-5-1-2-6-15/h3-4,7-8,14,16H,1-2,5-6,9H2. The molecule has 3 rings (SSSR count). The Morgan fingerprint density at radius 3 is 2.88 bits per heavy atom. The van der Waals surface area contributed by atoms with E-state index in [1.54, 1.807) is 6.07 Å². The molecule has 0 spiro atoms. The van der Waals surface area contributed by atoms with Crippen LogP contribution in [0.25, 0.3) is 10.9 Å². The number of aromatic nitrogens is 1. The first kappa shape index (κ1) is 9.73. The first-order valence-electron chi connectivity index (χ1n) is 5.84. The summed E-state index contributed by atoms with van der Waals surface area (Å²) in [5.41, 5.74) is 2.39. The molecule has 0 atom stereocenters. The fourth-order valence-corrected chi connectivity index (χ4v) is 2.48. The maximum absolute atomic E-state index is 9.51. The van der Waals surface area contributed by atoms with Crippen LogP contribution in [0.3, 0.4) is 0 Å². The molecule has 0 amide bonds. The second kappa shape index (κ2) is 3.83. The molecule has 0 radical (unpaired) electrons. The van der Waals surface area contributed by atoms with Gasteiger partial charge in [-0.15, -0.1) is 0 Å². The number of aromatic hydroxyl groups is 1. The minimum atomic E-state index is 0.342.